The van der Waals surface area contributed by atoms with Crippen molar-refractivity contribution in [3.63, 3.8) is 0 Å². The highest BCUT2D eigenvalue weighted by Crippen LogP contribution is 2.15. The molecule has 0 radical (unpaired) electrons. The number of nitrogens with one attached hydrogen (secondary N) is 1. The summed E-state index contributed by atoms with van der Waals surface area (Å²) in [6.45, 7) is 0. The fraction of sp³-hybridized carbons (Fsp3) is 0. The van der Waals surface area contributed by atoms with E-state index in [2.05, 4.69) is 9.97 Å². The van der Waals surface area contributed by atoms with E-state index in [0.717, 1.165) is 16.7 Å². The van der Waals surface area contributed by atoms with E-state index in [1.165, 1.54) is 0 Å². The summed E-state index contributed by atoms with van der Waals surface area (Å²) in [5, 5.41) is 0. The van der Waals surface area contributed by atoms with Gasteiger partial charge in [0.1, 0.15) is 5.52 Å². The average Bonchev–Trinajstić information content (AvgIpc) is 2.36. The molecule has 1 aromatic heterocycles. The second kappa shape index (κ2) is 2.80. The molecule has 1 heterocycles. The number of hydrogen-bond acceptors (Lipinski definition) is 2. The number of nitrogens with zero attached hydrogens (tertiary/aromatic N) is 1. The number of para-hydroxylation sites is 1. The summed E-state index contributed by atoms with van der Waals surface area (Å²) in [5.74, 6) is 0. The lowest BCUT2D eigenvalue weighted by Gasteiger charge is -1.90. The minimum Gasteiger partial charge on any atom is -0.397 e. The van der Waals surface area contributed by atoms with Crippen molar-refractivity contribution in [2.45, 2.75) is 0 Å². The van der Waals surface area contributed by atoms with Crippen LogP contribution in [-0.4, -0.2) is 9.97 Å². The monoisotopic (exact) mass is 169 g/mol. The summed E-state index contributed by atoms with van der Waals surface area (Å²) in [6.07, 6.45) is 1.64. The quantitative estimate of drug-likeness (QED) is 0.589. The molecule has 11 heavy (non-hydrogen) atoms. The molecule has 3 nitrogen and oxygen atoms in total. The summed E-state index contributed by atoms with van der Waals surface area (Å²) in [7, 11) is 0. The molecule has 4 heteroatoms. The van der Waals surface area contributed by atoms with Gasteiger partial charge in [-0.2, -0.15) is 0 Å². The third-order valence-electron chi connectivity index (χ3n) is 1.48. The standard InChI is InChI=1S/C7H7N3.ClH/c8-5-2-1-3-6-7(5)10-4-9-6;/h1-4H,8H2,(H,9,10);1H. The molecule has 0 aliphatic heterocycles. The molecule has 0 saturated heterocycles. The predicted octanol–water partition coefficient (Wildman–Crippen LogP) is 1.57. The maximum Gasteiger partial charge on any atom is 0.111 e. The molecule has 58 valence electrons. The lowest BCUT2D eigenvalue weighted by Crippen LogP contribution is -1.84. The van der Waals surface area contributed by atoms with Crippen LogP contribution in [0.25, 0.3) is 11.0 Å². The molecule has 0 aliphatic carbocycles. The van der Waals surface area contributed by atoms with E-state index in [9.17, 15) is 0 Å². The number of fused-ring (bicyclic) bond motifs is 1. The van der Waals surface area contributed by atoms with Crippen LogP contribution in [0.15, 0.2) is 24.5 Å². The smallest absolute Gasteiger partial charge is 0.111 e. The molecule has 2 rings (SSSR count). The Morgan fingerprint density at radius 3 is 2.91 bits per heavy atom. The molecular weight excluding hydrogens is 162 g/mol. The Balaban J connectivity index is 0.000000605. The van der Waals surface area contributed by atoms with Crippen LogP contribution in [0.1, 0.15) is 0 Å². The Morgan fingerprint density at radius 1 is 1.36 bits per heavy atom. The lowest BCUT2D eigenvalue weighted by atomic mass is 10.3. The van der Waals surface area contributed by atoms with Crippen LogP contribution in [0.3, 0.4) is 0 Å². The number of nitrogen functional groups attached to an aromatic ring is 1. The molecule has 0 bridgehead atoms. The number of rotatable bonds is 0. The van der Waals surface area contributed by atoms with E-state index in [1.54, 1.807) is 6.33 Å². The zero-order valence-corrected chi connectivity index (χ0v) is 6.56. The molecule has 3 N–H and O–H groups in total. The second-order valence-electron chi connectivity index (χ2n) is 2.15. The first-order valence-corrected chi connectivity index (χ1v) is 3.05. The summed E-state index contributed by atoms with van der Waals surface area (Å²) < 4.78 is 0. The van der Waals surface area contributed by atoms with Crippen molar-refractivity contribution in [2.75, 3.05) is 5.73 Å². The average molecular weight is 170 g/mol. The van der Waals surface area contributed by atoms with Gasteiger partial charge in [-0.3, -0.25) is 0 Å². The molecule has 0 fully saturated rings. The maximum atomic E-state index is 5.62. The fourth-order valence-electron chi connectivity index (χ4n) is 0.988. The highest BCUT2D eigenvalue weighted by molar-refractivity contribution is 5.86. The SMILES string of the molecule is Cl.Nc1cccc2[nH]cnc12. The van der Waals surface area contributed by atoms with Gasteiger partial charge in [0.2, 0.25) is 0 Å². The van der Waals surface area contributed by atoms with E-state index in [4.69, 9.17) is 5.73 Å². The van der Waals surface area contributed by atoms with Crippen molar-refractivity contribution in [2.24, 2.45) is 0 Å². The van der Waals surface area contributed by atoms with Gasteiger partial charge in [0.15, 0.2) is 0 Å². The highest BCUT2D eigenvalue weighted by Gasteiger charge is 1.96. The first-order valence-electron chi connectivity index (χ1n) is 3.05. The second-order valence-corrected chi connectivity index (χ2v) is 2.15. The zero-order chi connectivity index (χ0) is 6.97. The predicted molar refractivity (Wildman–Crippen MR) is 47.8 cm³/mol. The van der Waals surface area contributed by atoms with Gasteiger partial charge in [0.25, 0.3) is 0 Å². The van der Waals surface area contributed by atoms with Gasteiger partial charge in [-0.05, 0) is 12.1 Å². The number of anilines is 1. The number of H-pyrrole nitrogens is 1. The number of nitrogens with two attached hydrogens (primary N) is 1. The summed E-state index contributed by atoms with van der Waals surface area (Å²) in [6, 6.07) is 5.68. The van der Waals surface area contributed by atoms with Crippen molar-refractivity contribution in [3.05, 3.63) is 24.5 Å². The molecule has 1 aromatic carbocycles. The van der Waals surface area contributed by atoms with Crippen molar-refractivity contribution < 1.29 is 0 Å². The van der Waals surface area contributed by atoms with Crippen LogP contribution in [0.2, 0.25) is 0 Å². The Bertz CT molecular complexity index is 355. The third-order valence-corrected chi connectivity index (χ3v) is 1.48. The first kappa shape index (κ1) is 7.88. The van der Waals surface area contributed by atoms with Crippen LogP contribution in [-0.2, 0) is 0 Å². The number of halogens is 1. The molecular formula is C7H8ClN3. The van der Waals surface area contributed by atoms with Crippen LogP contribution in [0.5, 0.6) is 0 Å². The van der Waals surface area contributed by atoms with Gasteiger partial charge in [0.05, 0.1) is 17.5 Å². The van der Waals surface area contributed by atoms with E-state index in [-0.39, 0.29) is 12.4 Å². The molecule has 0 saturated carbocycles. The van der Waals surface area contributed by atoms with Gasteiger partial charge in [-0.1, -0.05) is 6.07 Å². The Morgan fingerprint density at radius 2 is 2.18 bits per heavy atom. The van der Waals surface area contributed by atoms with Gasteiger partial charge in [-0.25, -0.2) is 4.98 Å². The molecule has 0 amide bonds. The van der Waals surface area contributed by atoms with E-state index < -0.39 is 0 Å². The van der Waals surface area contributed by atoms with Crippen molar-refractivity contribution >= 4 is 29.1 Å². The molecule has 2 aromatic rings. The first-order chi connectivity index (χ1) is 4.88. The minimum atomic E-state index is 0. The minimum absolute atomic E-state index is 0. The topological polar surface area (TPSA) is 54.7 Å². The fourth-order valence-corrected chi connectivity index (χ4v) is 0.988. The molecule has 0 aliphatic rings. The van der Waals surface area contributed by atoms with Gasteiger partial charge < -0.3 is 10.7 Å². The van der Waals surface area contributed by atoms with E-state index in [0.29, 0.717) is 0 Å². The zero-order valence-electron chi connectivity index (χ0n) is 5.74. The number of hydrogen-bond donors (Lipinski definition) is 2. The Kier molecular flexibility index (Phi) is 2.01. The van der Waals surface area contributed by atoms with Crippen LogP contribution in [0, 0.1) is 0 Å². The third kappa shape index (κ3) is 1.14. The Labute approximate surface area is 70.0 Å². The van der Waals surface area contributed by atoms with Gasteiger partial charge in [0, 0.05) is 0 Å². The lowest BCUT2D eigenvalue weighted by molar-refractivity contribution is 1.34. The highest BCUT2D eigenvalue weighted by atomic mass is 35.5. The van der Waals surface area contributed by atoms with Crippen LogP contribution < -0.4 is 5.73 Å². The molecule has 0 spiro atoms. The molecule has 0 unspecified atom stereocenters. The van der Waals surface area contributed by atoms with E-state index >= 15 is 0 Å². The number of aromatic nitrogens is 2. The summed E-state index contributed by atoms with van der Waals surface area (Å²) >= 11 is 0. The molecule has 0 atom stereocenters. The van der Waals surface area contributed by atoms with Crippen LogP contribution >= 0.6 is 12.4 Å². The van der Waals surface area contributed by atoms with Gasteiger partial charge >= 0.3 is 0 Å². The van der Waals surface area contributed by atoms with E-state index in [1.807, 2.05) is 18.2 Å². The summed E-state index contributed by atoms with van der Waals surface area (Å²) in [5.41, 5.74) is 8.17. The van der Waals surface area contributed by atoms with Crippen molar-refractivity contribution in [3.8, 4) is 0 Å². The van der Waals surface area contributed by atoms with Crippen molar-refractivity contribution in [1.29, 1.82) is 0 Å². The largest absolute Gasteiger partial charge is 0.397 e. The summed E-state index contributed by atoms with van der Waals surface area (Å²) in [4.78, 5) is 7.01. The Hall–Kier alpha value is -1.22. The number of aromatic amines is 1. The van der Waals surface area contributed by atoms with Crippen LogP contribution in [0.4, 0.5) is 5.69 Å². The number of imidazole rings is 1. The number of benzene rings is 1. The normalized spacial score (nSPS) is 9.45. The van der Waals surface area contributed by atoms with Crippen molar-refractivity contribution in [1.82, 2.24) is 9.97 Å². The maximum absolute atomic E-state index is 5.62. The van der Waals surface area contributed by atoms with Gasteiger partial charge in [-0.15, -0.1) is 12.4 Å².